The van der Waals surface area contributed by atoms with Crippen molar-refractivity contribution in [2.45, 2.75) is 30.8 Å². The number of nitrogens with one attached hydrogen (secondary N) is 1. The maximum Gasteiger partial charge on any atom is 0.420 e. The van der Waals surface area contributed by atoms with Crippen LogP contribution in [0.2, 0.25) is 0 Å². The highest BCUT2D eigenvalue weighted by Crippen LogP contribution is 2.28. The predicted octanol–water partition coefficient (Wildman–Crippen LogP) is 2.69. The van der Waals surface area contributed by atoms with Crippen molar-refractivity contribution in [2.24, 2.45) is 5.73 Å². The zero-order valence-corrected chi connectivity index (χ0v) is 19.1. The number of aromatic nitrogens is 3. The fourth-order valence-electron chi connectivity index (χ4n) is 3.30. The van der Waals surface area contributed by atoms with Crippen LogP contribution in [0.25, 0.3) is 11.1 Å². The molecule has 12 heteroatoms. The van der Waals surface area contributed by atoms with Gasteiger partial charge in [-0.05, 0) is 25.5 Å². The number of hydrogen-bond acceptors (Lipinski definition) is 8. The number of benzene rings is 2. The van der Waals surface area contributed by atoms with E-state index in [4.69, 9.17) is 10.2 Å². The zero-order chi connectivity index (χ0) is 23.8. The van der Waals surface area contributed by atoms with E-state index < -0.39 is 32.5 Å². The first-order valence-electron chi connectivity index (χ1n) is 9.67. The van der Waals surface area contributed by atoms with Gasteiger partial charge in [0, 0.05) is 29.2 Å². The molecule has 1 unspecified atom stereocenters. The summed E-state index contributed by atoms with van der Waals surface area (Å²) in [5.74, 6) is 4.06. The number of oxazole rings is 1. The topological polar surface area (TPSA) is 133 Å². The van der Waals surface area contributed by atoms with E-state index in [0.717, 1.165) is 23.7 Å². The van der Waals surface area contributed by atoms with Crippen LogP contribution in [0.4, 0.5) is 9.52 Å². The van der Waals surface area contributed by atoms with Gasteiger partial charge in [-0.1, -0.05) is 30.0 Å². The molecule has 0 fully saturated rings. The number of hydrogen-bond donors (Lipinski definition) is 2. The first-order valence-corrected chi connectivity index (χ1v) is 11.9. The maximum absolute atomic E-state index is 14.9. The van der Waals surface area contributed by atoms with Crippen LogP contribution in [0, 0.1) is 17.7 Å². The highest BCUT2D eigenvalue weighted by atomic mass is 32.2. The van der Waals surface area contributed by atoms with Gasteiger partial charge >= 0.3 is 5.76 Å². The molecule has 0 aliphatic heterocycles. The van der Waals surface area contributed by atoms with Crippen molar-refractivity contribution in [1.29, 1.82) is 0 Å². The average molecular weight is 488 g/mol. The number of anilines is 1. The maximum atomic E-state index is 14.9. The average Bonchev–Trinajstić information content (AvgIpc) is 3.37. The van der Waals surface area contributed by atoms with Crippen LogP contribution in [0.5, 0.6) is 0 Å². The predicted molar refractivity (Wildman–Crippen MR) is 122 cm³/mol. The van der Waals surface area contributed by atoms with Gasteiger partial charge in [-0.25, -0.2) is 22.6 Å². The number of sulfonamides is 1. The number of rotatable bonds is 5. The lowest BCUT2D eigenvalue weighted by atomic mass is 10.0. The summed E-state index contributed by atoms with van der Waals surface area (Å²) in [7, 11) is -4.32. The lowest BCUT2D eigenvalue weighted by Crippen LogP contribution is -2.20. The summed E-state index contributed by atoms with van der Waals surface area (Å²) in [5.41, 5.74) is 7.11. The lowest BCUT2D eigenvalue weighted by molar-refractivity contribution is 0.489. The third kappa shape index (κ3) is 4.51. The van der Waals surface area contributed by atoms with E-state index in [1.165, 1.54) is 10.9 Å². The fourth-order valence-corrected chi connectivity index (χ4v) is 5.04. The van der Waals surface area contributed by atoms with Crippen molar-refractivity contribution in [3.8, 4) is 11.8 Å². The SMILES string of the molecule is CC(N)C#Cc1ccccc1[C@@H](C)n1c(=O)oc2cc(S(=O)(=O)Nc3ncns3)c(F)cc21. The van der Waals surface area contributed by atoms with Gasteiger partial charge < -0.3 is 10.2 Å². The van der Waals surface area contributed by atoms with Crippen LogP contribution in [0.1, 0.15) is 31.0 Å². The zero-order valence-electron chi connectivity index (χ0n) is 17.4. The second-order valence-corrected chi connectivity index (χ2v) is 9.59. The smallest absolute Gasteiger partial charge is 0.408 e. The molecule has 0 saturated carbocycles. The summed E-state index contributed by atoms with van der Waals surface area (Å²) in [6.07, 6.45) is 1.17. The van der Waals surface area contributed by atoms with Crippen molar-refractivity contribution in [1.82, 2.24) is 13.9 Å². The van der Waals surface area contributed by atoms with E-state index in [0.29, 0.717) is 11.1 Å². The molecular weight excluding hydrogens is 469 g/mol. The van der Waals surface area contributed by atoms with E-state index in [1.807, 2.05) is 0 Å². The standard InChI is InChI=1S/C21H18FN5O4S2/c1-12(23)7-8-14-5-3-4-6-15(14)13(2)27-17-9-16(22)19(10-18(17)31-21(27)28)33(29,30)26-20-24-11-25-32-20/h3-6,9-13H,23H2,1-2H3,(H,24,25,26)/t12?,13-/m1/s1. The molecule has 0 radical (unpaired) electrons. The molecule has 3 N–H and O–H groups in total. The molecule has 4 aromatic rings. The van der Waals surface area contributed by atoms with Crippen LogP contribution in [-0.4, -0.2) is 28.4 Å². The minimum Gasteiger partial charge on any atom is -0.408 e. The van der Waals surface area contributed by atoms with Crippen molar-refractivity contribution in [3.63, 3.8) is 0 Å². The van der Waals surface area contributed by atoms with Gasteiger partial charge in [0.1, 0.15) is 17.0 Å². The van der Waals surface area contributed by atoms with E-state index in [1.54, 1.807) is 38.1 Å². The normalized spacial score (nSPS) is 13.3. The summed E-state index contributed by atoms with van der Waals surface area (Å²) in [5, 5.41) is -0.0216. The second kappa shape index (κ2) is 8.78. The highest BCUT2D eigenvalue weighted by Gasteiger charge is 2.26. The van der Waals surface area contributed by atoms with E-state index in [2.05, 4.69) is 25.9 Å². The lowest BCUT2D eigenvalue weighted by Gasteiger charge is -2.15. The molecule has 0 saturated heterocycles. The van der Waals surface area contributed by atoms with Crippen LogP contribution in [0.3, 0.4) is 0 Å². The van der Waals surface area contributed by atoms with Crippen molar-refractivity contribution in [3.05, 3.63) is 70.2 Å². The van der Waals surface area contributed by atoms with Gasteiger partial charge in [-0.2, -0.15) is 4.37 Å². The first-order chi connectivity index (χ1) is 15.7. The summed E-state index contributed by atoms with van der Waals surface area (Å²) < 4.78 is 52.5. The molecule has 0 aliphatic rings. The Kier molecular flexibility index (Phi) is 6.03. The van der Waals surface area contributed by atoms with Crippen molar-refractivity contribution >= 4 is 37.8 Å². The fraction of sp³-hybridized carbons (Fsp3) is 0.190. The van der Waals surface area contributed by atoms with Crippen LogP contribution in [0.15, 0.2) is 56.8 Å². The molecule has 0 bridgehead atoms. The summed E-state index contributed by atoms with van der Waals surface area (Å²) in [4.78, 5) is 15.7. The van der Waals surface area contributed by atoms with Crippen LogP contribution in [-0.2, 0) is 10.0 Å². The molecule has 4 rings (SSSR count). The highest BCUT2D eigenvalue weighted by molar-refractivity contribution is 7.93. The molecular formula is C21H18FN5O4S2. The van der Waals surface area contributed by atoms with Crippen LogP contribution >= 0.6 is 11.5 Å². The largest absolute Gasteiger partial charge is 0.420 e. The van der Waals surface area contributed by atoms with Gasteiger partial charge in [0.2, 0.25) is 5.13 Å². The van der Waals surface area contributed by atoms with Crippen LogP contribution < -0.4 is 16.2 Å². The van der Waals surface area contributed by atoms with Gasteiger partial charge in [0.05, 0.1) is 17.6 Å². The molecule has 0 aliphatic carbocycles. The number of nitrogens with zero attached hydrogens (tertiary/aromatic N) is 3. The quantitative estimate of drug-likeness (QED) is 0.414. The molecule has 2 aromatic heterocycles. The van der Waals surface area contributed by atoms with Gasteiger partial charge in [0.15, 0.2) is 5.58 Å². The third-order valence-corrected chi connectivity index (χ3v) is 6.84. The van der Waals surface area contributed by atoms with Crippen molar-refractivity contribution < 1.29 is 17.2 Å². The monoisotopic (exact) mass is 487 g/mol. The Hall–Kier alpha value is -3.53. The van der Waals surface area contributed by atoms with Crippen molar-refractivity contribution in [2.75, 3.05) is 4.72 Å². The Balaban J connectivity index is 1.81. The molecule has 2 heterocycles. The Morgan fingerprint density at radius 1 is 1.27 bits per heavy atom. The summed E-state index contributed by atoms with van der Waals surface area (Å²) in [6, 6.07) is 8.19. The van der Waals surface area contributed by atoms with E-state index in [-0.39, 0.29) is 22.3 Å². The van der Waals surface area contributed by atoms with Gasteiger partial charge in [0.25, 0.3) is 10.0 Å². The minimum atomic E-state index is -4.32. The molecule has 0 spiro atoms. The first kappa shape index (κ1) is 22.7. The van der Waals surface area contributed by atoms with E-state index in [9.17, 15) is 17.6 Å². The third-order valence-electron chi connectivity index (χ3n) is 4.77. The molecule has 0 amide bonds. The summed E-state index contributed by atoms with van der Waals surface area (Å²) in [6.45, 7) is 3.49. The minimum absolute atomic E-state index is 0.0216. The number of fused-ring (bicyclic) bond motifs is 1. The van der Waals surface area contributed by atoms with Gasteiger partial charge in [-0.3, -0.25) is 9.29 Å². The van der Waals surface area contributed by atoms with E-state index >= 15 is 0 Å². The molecule has 2 aromatic carbocycles. The number of nitrogens with two attached hydrogens (primary N) is 1. The molecule has 9 nitrogen and oxygen atoms in total. The van der Waals surface area contributed by atoms with Gasteiger partial charge in [-0.15, -0.1) is 0 Å². The number of halogens is 1. The molecule has 33 heavy (non-hydrogen) atoms. The molecule has 170 valence electrons. The Morgan fingerprint density at radius 2 is 2.03 bits per heavy atom. The summed E-state index contributed by atoms with van der Waals surface area (Å²) >= 11 is 0.799. The Morgan fingerprint density at radius 3 is 2.73 bits per heavy atom. The Bertz CT molecular complexity index is 1550. The molecule has 2 atom stereocenters. The Labute approximate surface area is 192 Å². The second-order valence-electron chi connectivity index (χ2n) is 7.16.